The minimum Gasteiger partial charge on any atom is -0.479 e. The number of rotatable bonds is 3. The molecular formula is C6H12O3. The molecule has 9 heavy (non-hydrogen) atoms. The van der Waals surface area contributed by atoms with Gasteiger partial charge in [-0.05, 0) is 13.3 Å². The third-order valence-corrected chi connectivity index (χ3v) is 1.20. The van der Waals surface area contributed by atoms with Crippen molar-refractivity contribution in [3.63, 3.8) is 0 Å². The fourth-order valence-corrected chi connectivity index (χ4v) is 0.594. The van der Waals surface area contributed by atoms with Crippen molar-refractivity contribution in [2.75, 3.05) is 0 Å². The molecule has 0 fully saturated rings. The average molecular weight is 132 g/mol. The predicted octanol–water partition coefficient (Wildman–Crippen LogP) is 0.622. The van der Waals surface area contributed by atoms with Crippen LogP contribution in [0.15, 0.2) is 0 Å². The molecule has 0 heterocycles. The van der Waals surface area contributed by atoms with E-state index in [0.29, 0.717) is 12.8 Å². The summed E-state index contributed by atoms with van der Waals surface area (Å²) in [6.45, 7) is 3.14. The number of carboxylic acids is 1. The van der Waals surface area contributed by atoms with Crippen LogP contribution in [0.2, 0.25) is 0 Å². The van der Waals surface area contributed by atoms with Gasteiger partial charge in [0, 0.05) is 0 Å². The summed E-state index contributed by atoms with van der Waals surface area (Å²) in [5.74, 6) is -1.15. The highest BCUT2D eigenvalue weighted by atomic mass is 16.4. The lowest BCUT2D eigenvalue weighted by atomic mass is 10.0. The van der Waals surface area contributed by atoms with E-state index in [9.17, 15) is 4.79 Å². The van der Waals surface area contributed by atoms with Gasteiger partial charge in [-0.2, -0.15) is 0 Å². The van der Waals surface area contributed by atoms with Crippen molar-refractivity contribution < 1.29 is 15.0 Å². The molecule has 0 aromatic rings. The molecule has 0 aromatic heterocycles. The van der Waals surface area contributed by atoms with E-state index in [0.717, 1.165) is 0 Å². The van der Waals surface area contributed by atoms with E-state index in [1.54, 1.807) is 0 Å². The van der Waals surface area contributed by atoms with Gasteiger partial charge in [0.1, 0.15) is 0 Å². The lowest BCUT2D eigenvalue weighted by Gasteiger charge is -2.15. The predicted molar refractivity (Wildman–Crippen MR) is 33.2 cm³/mol. The third-order valence-electron chi connectivity index (χ3n) is 1.20. The van der Waals surface area contributed by atoms with Crippen molar-refractivity contribution >= 4 is 5.97 Å². The maximum absolute atomic E-state index is 10.2. The first kappa shape index (κ1) is 8.43. The Hall–Kier alpha value is -0.570. The van der Waals surface area contributed by atoms with Crippen molar-refractivity contribution in [3.05, 3.63) is 0 Å². The number of carboxylic acid groups (broad SMARTS) is 1. The van der Waals surface area contributed by atoms with E-state index in [4.69, 9.17) is 10.2 Å². The Kier molecular flexibility index (Phi) is 2.65. The van der Waals surface area contributed by atoms with Gasteiger partial charge in [-0.1, -0.05) is 13.3 Å². The summed E-state index contributed by atoms with van der Waals surface area (Å²) in [5.41, 5.74) is -1.53. The number of aliphatic hydroxyl groups is 1. The Morgan fingerprint density at radius 2 is 2.11 bits per heavy atom. The maximum Gasteiger partial charge on any atom is 0.335 e. The van der Waals surface area contributed by atoms with Gasteiger partial charge in [0.05, 0.1) is 0 Å². The van der Waals surface area contributed by atoms with E-state index >= 15 is 0 Å². The minimum atomic E-state index is -1.53. The smallest absolute Gasteiger partial charge is 0.335 e. The van der Waals surface area contributed by atoms with Crippen LogP contribution in [0.5, 0.6) is 0 Å². The molecule has 2 N–H and O–H groups in total. The second kappa shape index (κ2) is 2.82. The summed E-state index contributed by atoms with van der Waals surface area (Å²) in [5, 5.41) is 17.3. The van der Waals surface area contributed by atoms with Crippen LogP contribution < -0.4 is 0 Å². The molecule has 0 saturated carbocycles. The van der Waals surface area contributed by atoms with E-state index in [1.807, 2.05) is 6.92 Å². The molecule has 0 aromatic carbocycles. The molecule has 3 heteroatoms. The van der Waals surface area contributed by atoms with Crippen LogP contribution >= 0.6 is 0 Å². The van der Waals surface area contributed by atoms with Crippen molar-refractivity contribution in [1.82, 2.24) is 0 Å². The van der Waals surface area contributed by atoms with E-state index in [-0.39, 0.29) is 0 Å². The second-order valence-corrected chi connectivity index (χ2v) is 2.33. The highest BCUT2D eigenvalue weighted by Gasteiger charge is 2.27. The van der Waals surface area contributed by atoms with Gasteiger partial charge in [0.2, 0.25) is 0 Å². The Morgan fingerprint density at radius 3 is 2.22 bits per heavy atom. The molecule has 54 valence electrons. The summed E-state index contributed by atoms with van der Waals surface area (Å²) in [7, 11) is 0. The quantitative estimate of drug-likeness (QED) is 0.592. The molecule has 0 amide bonds. The molecule has 0 radical (unpaired) electrons. The van der Waals surface area contributed by atoms with Crippen LogP contribution in [0.4, 0.5) is 0 Å². The summed E-state index contributed by atoms with van der Waals surface area (Å²) in [6, 6.07) is 0. The highest BCUT2D eigenvalue weighted by Crippen LogP contribution is 2.10. The fraction of sp³-hybridized carbons (Fsp3) is 0.833. The molecule has 0 aliphatic heterocycles. The third kappa shape index (κ3) is 2.46. The van der Waals surface area contributed by atoms with E-state index in [1.165, 1.54) is 6.92 Å². The van der Waals surface area contributed by atoms with Crippen molar-refractivity contribution in [3.8, 4) is 0 Å². The molecule has 0 aliphatic rings. The Bertz CT molecular complexity index is 107. The van der Waals surface area contributed by atoms with Crippen LogP contribution in [0.25, 0.3) is 0 Å². The van der Waals surface area contributed by atoms with Gasteiger partial charge in [0.15, 0.2) is 5.60 Å². The lowest BCUT2D eigenvalue weighted by Crippen LogP contribution is -2.34. The van der Waals surface area contributed by atoms with E-state index in [2.05, 4.69) is 0 Å². The Labute approximate surface area is 54.3 Å². The summed E-state index contributed by atoms with van der Waals surface area (Å²) in [6.07, 6.45) is 0.988. The van der Waals surface area contributed by atoms with Gasteiger partial charge in [-0.15, -0.1) is 0 Å². The second-order valence-electron chi connectivity index (χ2n) is 2.33. The molecule has 0 rings (SSSR count). The molecule has 0 saturated heterocycles. The van der Waals surface area contributed by atoms with Crippen LogP contribution in [-0.4, -0.2) is 21.8 Å². The Balaban J connectivity index is 3.85. The molecule has 0 unspecified atom stereocenters. The zero-order chi connectivity index (χ0) is 7.49. The minimum absolute atomic E-state index is 0.308. The molecule has 0 spiro atoms. The monoisotopic (exact) mass is 132 g/mol. The highest BCUT2D eigenvalue weighted by molar-refractivity contribution is 5.76. The van der Waals surface area contributed by atoms with Gasteiger partial charge >= 0.3 is 5.97 Å². The molecule has 0 aliphatic carbocycles. The number of hydrogen-bond acceptors (Lipinski definition) is 2. The van der Waals surface area contributed by atoms with Crippen molar-refractivity contribution in [2.45, 2.75) is 32.3 Å². The van der Waals surface area contributed by atoms with Gasteiger partial charge in [0.25, 0.3) is 0 Å². The van der Waals surface area contributed by atoms with Gasteiger partial charge < -0.3 is 10.2 Å². The van der Waals surface area contributed by atoms with E-state index < -0.39 is 11.6 Å². The number of aliphatic carboxylic acids is 1. The van der Waals surface area contributed by atoms with Crippen LogP contribution in [-0.2, 0) is 4.79 Å². The lowest BCUT2D eigenvalue weighted by molar-refractivity contribution is -0.157. The van der Waals surface area contributed by atoms with Crippen molar-refractivity contribution in [2.24, 2.45) is 0 Å². The number of carbonyl (C=O) groups is 1. The molecule has 3 nitrogen and oxygen atoms in total. The van der Waals surface area contributed by atoms with Gasteiger partial charge in [-0.3, -0.25) is 0 Å². The maximum atomic E-state index is 10.2. The number of hydrogen-bond donors (Lipinski definition) is 2. The Morgan fingerprint density at radius 1 is 1.67 bits per heavy atom. The SMILES string of the molecule is CCC[C@](C)(O)C(=O)O. The fourth-order valence-electron chi connectivity index (χ4n) is 0.594. The summed E-state index contributed by atoms with van der Waals surface area (Å²) >= 11 is 0. The van der Waals surface area contributed by atoms with Crippen LogP contribution in [0.1, 0.15) is 26.7 Å². The topological polar surface area (TPSA) is 57.5 Å². The summed E-state index contributed by atoms with van der Waals surface area (Å²) < 4.78 is 0. The molecular weight excluding hydrogens is 120 g/mol. The largest absolute Gasteiger partial charge is 0.479 e. The molecule has 0 bridgehead atoms. The first-order chi connectivity index (χ1) is 4.00. The summed E-state index contributed by atoms with van der Waals surface area (Å²) in [4.78, 5) is 10.2. The standard InChI is InChI=1S/C6H12O3/c1-3-4-6(2,9)5(7)8/h9H,3-4H2,1-2H3,(H,7,8)/t6-/m0/s1. The normalized spacial score (nSPS) is 16.8. The van der Waals surface area contributed by atoms with Crippen molar-refractivity contribution in [1.29, 1.82) is 0 Å². The first-order valence-corrected chi connectivity index (χ1v) is 2.96. The average Bonchev–Trinajstić information content (AvgIpc) is 1.65. The first-order valence-electron chi connectivity index (χ1n) is 2.96. The zero-order valence-corrected chi connectivity index (χ0v) is 5.72. The molecule has 1 atom stereocenters. The van der Waals surface area contributed by atoms with Gasteiger partial charge in [-0.25, -0.2) is 4.79 Å². The zero-order valence-electron chi connectivity index (χ0n) is 5.72. The van der Waals surface area contributed by atoms with Crippen LogP contribution in [0.3, 0.4) is 0 Å². The van der Waals surface area contributed by atoms with Crippen LogP contribution in [0, 0.1) is 0 Å².